The van der Waals surface area contributed by atoms with Gasteiger partial charge in [-0.15, -0.1) is 12.3 Å². The number of likely N-dealkylation sites (tertiary alicyclic amines) is 1. The van der Waals surface area contributed by atoms with Gasteiger partial charge in [-0.25, -0.2) is 0 Å². The highest BCUT2D eigenvalue weighted by molar-refractivity contribution is 5.01. The number of nitrogens with zero attached hydrogens (tertiary/aromatic N) is 1. The average molecular weight is 151 g/mol. The Balaban J connectivity index is 2.53. The first-order valence-corrected chi connectivity index (χ1v) is 4.31. The Bertz CT molecular complexity index is 166. The second-order valence-electron chi connectivity index (χ2n) is 3.85. The van der Waals surface area contributed by atoms with Crippen molar-refractivity contribution in [1.29, 1.82) is 0 Å². The van der Waals surface area contributed by atoms with Gasteiger partial charge in [0.25, 0.3) is 0 Å². The van der Waals surface area contributed by atoms with Crippen LogP contribution in [0.4, 0.5) is 0 Å². The summed E-state index contributed by atoms with van der Waals surface area (Å²) in [5, 5.41) is 0. The van der Waals surface area contributed by atoms with E-state index in [4.69, 9.17) is 6.42 Å². The average Bonchev–Trinajstić information content (AvgIpc) is 2.30. The summed E-state index contributed by atoms with van der Waals surface area (Å²) in [5.74, 6) is 4.07. The Kier molecular flexibility index (Phi) is 2.57. The monoisotopic (exact) mass is 151 g/mol. The first-order chi connectivity index (χ1) is 5.15. The van der Waals surface area contributed by atoms with Gasteiger partial charge in [-0.3, -0.25) is 0 Å². The Labute approximate surface area is 69.8 Å². The fraction of sp³-hybridized carbons (Fsp3) is 0.800. The van der Waals surface area contributed by atoms with E-state index in [1.165, 1.54) is 6.42 Å². The van der Waals surface area contributed by atoms with E-state index >= 15 is 0 Å². The van der Waals surface area contributed by atoms with E-state index in [9.17, 15) is 0 Å². The minimum Gasteiger partial charge on any atom is -0.302 e. The maximum Gasteiger partial charge on any atom is 0.0342 e. The van der Waals surface area contributed by atoms with Crippen molar-refractivity contribution in [3.8, 4) is 12.3 Å². The van der Waals surface area contributed by atoms with Crippen LogP contribution in [0.15, 0.2) is 0 Å². The Morgan fingerprint density at radius 1 is 1.55 bits per heavy atom. The molecule has 1 nitrogen and oxygen atoms in total. The van der Waals surface area contributed by atoms with Crippen molar-refractivity contribution in [1.82, 2.24) is 4.90 Å². The van der Waals surface area contributed by atoms with Gasteiger partial charge in [-0.2, -0.15) is 0 Å². The molecule has 0 aromatic rings. The van der Waals surface area contributed by atoms with Gasteiger partial charge in [0, 0.05) is 18.5 Å². The van der Waals surface area contributed by atoms with Crippen molar-refractivity contribution in [2.24, 2.45) is 11.8 Å². The van der Waals surface area contributed by atoms with Crippen LogP contribution >= 0.6 is 0 Å². The maximum atomic E-state index is 5.38. The van der Waals surface area contributed by atoms with Crippen LogP contribution in [0.2, 0.25) is 0 Å². The molecule has 1 fully saturated rings. The molecule has 1 saturated heterocycles. The van der Waals surface area contributed by atoms with Crippen molar-refractivity contribution in [2.45, 2.75) is 26.3 Å². The van der Waals surface area contributed by atoms with Crippen LogP contribution in [-0.4, -0.2) is 24.5 Å². The number of rotatable bonds is 1. The molecular weight excluding hydrogens is 134 g/mol. The summed E-state index contributed by atoms with van der Waals surface area (Å²) in [5.41, 5.74) is 0. The molecule has 1 aliphatic rings. The molecule has 0 aromatic heterocycles. The largest absolute Gasteiger partial charge is 0.302 e. The lowest BCUT2D eigenvalue weighted by Crippen LogP contribution is -2.29. The van der Waals surface area contributed by atoms with Crippen LogP contribution < -0.4 is 0 Å². The van der Waals surface area contributed by atoms with E-state index in [0.717, 1.165) is 12.5 Å². The molecule has 1 heteroatoms. The normalized spacial score (nSPS) is 32.6. The summed E-state index contributed by atoms with van der Waals surface area (Å²) in [6, 6.07) is 0.705. The molecule has 1 aliphatic heterocycles. The SMILES string of the molecule is C#C[C@@H]1C[C@H](C(C)C)N(C)C1. The molecule has 0 bridgehead atoms. The lowest BCUT2D eigenvalue weighted by Gasteiger charge is -2.22. The first-order valence-electron chi connectivity index (χ1n) is 4.31. The van der Waals surface area contributed by atoms with Gasteiger partial charge in [0.05, 0.1) is 0 Å². The summed E-state index contributed by atoms with van der Waals surface area (Å²) >= 11 is 0. The maximum absolute atomic E-state index is 5.38. The highest BCUT2D eigenvalue weighted by Gasteiger charge is 2.29. The highest BCUT2D eigenvalue weighted by atomic mass is 15.2. The van der Waals surface area contributed by atoms with Gasteiger partial charge in [0.2, 0.25) is 0 Å². The number of terminal acetylenes is 1. The summed E-state index contributed by atoms with van der Waals surface area (Å²) in [4.78, 5) is 2.38. The molecule has 1 rings (SSSR count). The molecule has 2 atom stereocenters. The van der Waals surface area contributed by atoms with Crippen LogP contribution in [0, 0.1) is 24.2 Å². The third-order valence-electron chi connectivity index (χ3n) is 2.61. The molecule has 0 amide bonds. The molecule has 1 heterocycles. The van der Waals surface area contributed by atoms with Crippen molar-refractivity contribution >= 4 is 0 Å². The third-order valence-corrected chi connectivity index (χ3v) is 2.61. The molecular formula is C10H17N. The predicted molar refractivity (Wildman–Crippen MR) is 48.2 cm³/mol. The van der Waals surface area contributed by atoms with Gasteiger partial charge in [0.1, 0.15) is 0 Å². The molecule has 62 valence electrons. The molecule has 0 N–H and O–H groups in total. The molecule has 0 aliphatic carbocycles. The van der Waals surface area contributed by atoms with Gasteiger partial charge >= 0.3 is 0 Å². The van der Waals surface area contributed by atoms with Crippen molar-refractivity contribution in [3.63, 3.8) is 0 Å². The van der Waals surface area contributed by atoms with E-state index < -0.39 is 0 Å². The summed E-state index contributed by atoms with van der Waals surface area (Å²) in [6.45, 7) is 5.61. The summed E-state index contributed by atoms with van der Waals surface area (Å²) in [7, 11) is 2.17. The second-order valence-corrected chi connectivity index (χ2v) is 3.85. The zero-order chi connectivity index (χ0) is 8.43. The standard InChI is InChI=1S/C10H17N/c1-5-9-6-10(8(2)3)11(4)7-9/h1,8-10H,6-7H2,2-4H3/t9-,10-/m1/s1. The quantitative estimate of drug-likeness (QED) is 0.514. The molecule has 0 saturated carbocycles. The lowest BCUT2D eigenvalue weighted by molar-refractivity contribution is 0.250. The lowest BCUT2D eigenvalue weighted by atomic mass is 9.98. The van der Waals surface area contributed by atoms with E-state index in [0.29, 0.717) is 12.0 Å². The van der Waals surface area contributed by atoms with Gasteiger partial charge in [0.15, 0.2) is 0 Å². The molecule has 0 radical (unpaired) electrons. The van der Waals surface area contributed by atoms with Gasteiger partial charge in [-0.1, -0.05) is 13.8 Å². The first kappa shape index (κ1) is 8.62. The summed E-state index contributed by atoms with van der Waals surface area (Å²) < 4.78 is 0. The smallest absolute Gasteiger partial charge is 0.0342 e. The molecule has 0 unspecified atom stereocenters. The third kappa shape index (κ3) is 1.75. The van der Waals surface area contributed by atoms with Gasteiger partial charge < -0.3 is 4.90 Å². The number of hydrogen-bond acceptors (Lipinski definition) is 1. The Morgan fingerprint density at radius 2 is 2.18 bits per heavy atom. The fourth-order valence-electron chi connectivity index (χ4n) is 1.93. The number of hydrogen-bond donors (Lipinski definition) is 0. The predicted octanol–water partition coefficient (Wildman–Crippen LogP) is 1.60. The van der Waals surface area contributed by atoms with E-state index in [1.54, 1.807) is 0 Å². The Morgan fingerprint density at radius 3 is 2.45 bits per heavy atom. The molecule has 11 heavy (non-hydrogen) atoms. The van der Waals surface area contributed by atoms with Crippen molar-refractivity contribution < 1.29 is 0 Å². The van der Waals surface area contributed by atoms with Crippen LogP contribution in [-0.2, 0) is 0 Å². The molecule has 0 aromatic carbocycles. The summed E-state index contributed by atoms with van der Waals surface area (Å²) in [6.07, 6.45) is 6.57. The zero-order valence-electron chi connectivity index (χ0n) is 7.67. The Hall–Kier alpha value is -0.480. The fourth-order valence-corrected chi connectivity index (χ4v) is 1.93. The van der Waals surface area contributed by atoms with Crippen LogP contribution in [0.1, 0.15) is 20.3 Å². The van der Waals surface area contributed by atoms with E-state index in [-0.39, 0.29) is 0 Å². The minimum atomic E-state index is 0.493. The van der Waals surface area contributed by atoms with E-state index in [1.807, 2.05) is 0 Å². The zero-order valence-corrected chi connectivity index (χ0v) is 7.67. The van der Waals surface area contributed by atoms with Crippen LogP contribution in [0.5, 0.6) is 0 Å². The van der Waals surface area contributed by atoms with E-state index in [2.05, 4.69) is 31.7 Å². The highest BCUT2D eigenvalue weighted by Crippen LogP contribution is 2.25. The van der Waals surface area contributed by atoms with Gasteiger partial charge in [-0.05, 0) is 19.4 Å². The molecule has 0 spiro atoms. The van der Waals surface area contributed by atoms with Crippen molar-refractivity contribution in [3.05, 3.63) is 0 Å². The second kappa shape index (κ2) is 3.28. The van der Waals surface area contributed by atoms with Crippen molar-refractivity contribution in [2.75, 3.05) is 13.6 Å². The topological polar surface area (TPSA) is 3.24 Å². The minimum absolute atomic E-state index is 0.493. The van der Waals surface area contributed by atoms with Crippen LogP contribution in [0.3, 0.4) is 0 Å². The van der Waals surface area contributed by atoms with Crippen LogP contribution in [0.25, 0.3) is 0 Å².